The highest BCUT2D eigenvalue weighted by Gasteiger charge is 2.11. The highest BCUT2D eigenvalue weighted by molar-refractivity contribution is 4.15. The summed E-state index contributed by atoms with van der Waals surface area (Å²) < 4.78 is 0. The topological polar surface area (TPSA) is 67.5 Å². The molecule has 0 saturated carbocycles. The van der Waals surface area contributed by atoms with Crippen LogP contribution in [-0.2, 0) is 19.6 Å². The van der Waals surface area contributed by atoms with Crippen LogP contribution in [0.25, 0.3) is 0 Å². The quantitative estimate of drug-likeness (QED) is 0.371. The summed E-state index contributed by atoms with van der Waals surface area (Å²) in [4.78, 5) is 19.2. The molecule has 0 aromatic carbocycles. The van der Waals surface area contributed by atoms with E-state index in [-0.39, 0.29) is 6.67 Å². The Morgan fingerprint density at radius 1 is 0.923 bits per heavy atom. The largest absolute Gasteiger partial charge is 0.275 e. The van der Waals surface area contributed by atoms with Crippen molar-refractivity contribution < 1.29 is 19.6 Å². The van der Waals surface area contributed by atoms with Crippen LogP contribution >= 0.6 is 0 Å². The predicted octanol–water partition coefficient (Wildman–Crippen LogP) is -1.20. The number of hydrogen-bond donors (Lipinski definition) is 2. The van der Waals surface area contributed by atoms with Crippen molar-refractivity contribution in [1.29, 1.82) is 0 Å². The van der Waals surface area contributed by atoms with Crippen molar-refractivity contribution in [2.75, 3.05) is 35.0 Å². The fraction of sp³-hybridized carbons (Fsp3) is 1.00. The predicted molar refractivity (Wildman–Crippen MR) is 42.9 cm³/mol. The molecule has 0 aromatic heterocycles. The summed E-state index contributed by atoms with van der Waals surface area (Å²) in [6.07, 6.45) is 0. The van der Waals surface area contributed by atoms with Crippen molar-refractivity contribution in [3.63, 3.8) is 0 Å². The average Bonchev–Trinajstić information content (AvgIpc) is 2.16. The molecule has 8 nitrogen and oxygen atoms in total. The van der Waals surface area contributed by atoms with Crippen LogP contribution in [0.4, 0.5) is 0 Å². The molecule has 80 valence electrons. The van der Waals surface area contributed by atoms with Gasteiger partial charge in [0.15, 0.2) is 6.67 Å². The maximum absolute atomic E-state index is 4.80. The Kier molecular flexibility index (Phi) is 8.08. The molecule has 0 radical (unpaired) electrons. The molecule has 0 bridgehead atoms. The average molecular weight is 196 g/mol. The van der Waals surface area contributed by atoms with E-state index in [0.29, 0.717) is 0 Å². The van der Waals surface area contributed by atoms with Gasteiger partial charge >= 0.3 is 0 Å². The third-order valence-electron chi connectivity index (χ3n) is 1.02. The van der Waals surface area contributed by atoms with Crippen molar-refractivity contribution in [3.8, 4) is 0 Å². The first-order chi connectivity index (χ1) is 6.28. The van der Waals surface area contributed by atoms with Gasteiger partial charge in [0.1, 0.15) is 0 Å². The molecule has 8 heteroatoms. The van der Waals surface area contributed by atoms with Crippen molar-refractivity contribution in [3.05, 3.63) is 0 Å². The van der Waals surface area contributed by atoms with E-state index in [0.717, 1.165) is 10.5 Å². The van der Waals surface area contributed by atoms with Crippen LogP contribution in [0.2, 0.25) is 0 Å². The van der Waals surface area contributed by atoms with Crippen LogP contribution in [0.15, 0.2) is 0 Å². The number of nitrogens with zero attached hydrogens (tertiary/aromatic N) is 2. The van der Waals surface area contributed by atoms with Crippen molar-refractivity contribution >= 4 is 0 Å². The van der Waals surface area contributed by atoms with E-state index >= 15 is 0 Å². The van der Waals surface area contributed by atoms with Gasteiger partial charge in [-0.15, -0.1) is 0 Å². The van der Waals surface area contributed by atoms with E-state index in [1.165, 1.54) is 14.2 Å². The molecule has 0 rings (SSSR count). The van der Waals surface area contributed by atoms with Crippen LogP contribution < -0.4 is 11.0 Å². The molecular formula is C5H16N4O4. The zero-order valence-corrected chi connectivity index (χ0v) is 8.23. The lowest BCUT2D eigenvalue weighted by molar-refractivity contribution is -0.470. The fourth-order valence-electron chi connectivity index (χ4n) is 0.546. The van der Waals surface area contributed by atoms with E-state index in [2.05, 4.69) is 11.0 Å². The second-order valence-corrected chi connectivity index (χ2v) is 1.76. The van der Waals surface area contributed by atoms with Gasteiger partial charge in [-0.2, -0.15) is 20.8 Å². The Morgan fingerprint density at radius 2 is 1.31 bits per heavy atom. The lowest BCUT2D eigenvalue weighted by Crippen LogP contribution is -2.41. The molecule has 0 unspecified atom stereocenters. The Labute approximate surface area is 77.0 Å². The van der Waals surface area contributed by atoms with Gasteiger partial charge in [-0.05, 0) is 10.5 Å². The van der Waals surface area contributed by atoms with Gasteiger partial charge in [0.05, 0.1) is 14.2 Å². The number of rotatable bonds is 8. The molecule has 0 amide bonds. The highest BCUT2D eigenvalue weighted by Crippen LogP contribution is 1.93. The first-order valence-electron chi connectivity index (χ1n) is 3.59. The second kappa shape index (κ2) is 8.29. The molecule has 0 aliphatic carbocycles. The van der Waals surface area contributed by atoms with Gasteiger partial charge in [-0.25, -0.2) is 0 Å². The third-order valence-corrected chi connectivity index (χ3v) is 1.02. The van der Waals surface area contributed by atoms with Gasteiger partial charge in [0.25, 0.3) is 0 Å². The van der Waals surface area contributed by atoms with Crippen LogP contribution in [0.1, 0.15) is 0 Å². The molecule has 0 aromatic rings. The standard InChI is InChI=1S/C5H16N4O4/c1-6-12-8(10-3)5-9(11-4)13-7-2/h6-7H,5H2,1-4H3. The SMILES string of the molecule is CNON(CN(OC)ONC)OC. The minimum absolute atomic E-state index is 0.134. The number of nitrogens with one attached hydrogen (secondary N) is 2. The molecule has 0 aliphatic heterocycles. The van der Waals surface area contributed by atoms with Crippen LogP contribution in [0, 0.1) is 0 Å². The summed E-state index contributed by atoms with van der Waals surface area (Å²) in [5, 5.41) is 2.22. The Bertz CT molecular complexity index is 105. The summed E-state index contributed by atoms with van der Waals surface area (Å²) >= 11 is 0. The van der Waals surface area contributed by atoms with Gasteiger partial charge in [0, 0.05) is 14.1 Å². The Balaban J connectivity index is 3.73. The van der Waals surface area contributed by atoms with Crippen LogP contribution in [-0.4, -0.2) is 45.4 Å². The van der Waals surface area contributed by atoms with Gasteiger partial charge in [0.2, 0.25) is 0 Å². The van der Waals surface area contributed by atoms with Crippen LogP contribution in [0.5, 0.6) is 0 Å². The summed E-state index contributed by atoms with van der Waals surface area (Å²) in [7, 11) is 6.10. The normalized spacial score (nSPS) is 11.5. The summed E-state index contributed by atoms with van der Waals surface area (Å²) in [5.74, 6) is 0. The number of hydrogen-bond acceptors (Lipinski definition) is 8. The smallest absolute Gasteiger partial charge is 0.159 e. The summed E-state index contributed by atoms with van der Waals surface area (Å²) in [6.45, 7) is 0.134. The molecule has 13 heavy (non-hydrogen) atoms. The van der Waals surface area contributed by atoms with Gasteiger partial charge in [-0.1, -0.05) is 0 Å². The van der Waals surface area contributed by atoms with Crippen LogP contribution in [0.3, 0.4) is 0 Å². The molecule has 0 atom stereocenters. The molecule has 0 aliphatic rings. The second-order valence-electron chi connectivity index (χ2n) is 1.76. The van der Waals surface area contributed by atoms with E-state index < -0.39 is 0 Å². The first-order valence-corrected chi connectivity index (χ1v) is 3.59. The maximum atomic E-state index is 4.80. The third kappa shape index (κ3) is 5.85. The minimum Gasteiger partial charge on any atom is -0.275 e. The van der Waals surface area contributed by atoms with E-state index in [9.17, 15) is 0 Å². The van der Waals surface area contributed by atoms with E-state index in [1.54, 1.807) is 14.1 Å². The lowest BCUT2D eigenvalue weighted by Gasteiger charge is -2.23. The van der Waals surface area contributed by atoms with Gasteiger partial charge < -0.3 is 0 Å². The highest BCUT2D eigenvalue weighted by atomic mass is 17.0. The van der Waals surface area contributed by atoms with E-state index in [1.807, 2.05) is 0 Å². The molecule has 0 fully saturated rings. The lowest BCUT2D eigenvalue weighted by atomic mass is 11.2. The first kappa shape index (κ1) is 12.7. The summed E-state index contributed by atoms with van der Waals surface area (Å²) in [6, 6.07) is 0. The number of hydroxylamine groups is 6. The molecule has 2 N–H and O–H groups in total. The molecule has 0 heterocycles. The Morgan fingerprint density at radius 3 is 1.54 bits per heavy atom. The molecular weight excluding hydrogens is 180 g/mol. The summed E-state index contributed by atoms with van der Waals surface area (Å²) in [5.41, 5.74) is 4.87. The minimum atomic E-state index is 0.134. The zero-order chi connectivity index (χ0) is 10.1. The van der Waals surface area contributed by atoms with Crippen molar-refractivity contribution in [2.24, 2.45) is 0 Å². The molecule has 0 spiro atoms. The van der Waals surface area contributed by atoms with Gasteiger partial charge in [-0.3, -0.25) is 9.68 Å². The van der Waals surface area contributed by atoms with Crippen molar-refractivity contribution in [1.82, 2.24) is 21.4 Å². The van der Waals surface area contributed by atoms with Crippen molar-refractivity contribution in [2.45, 2.75) is 0 Å². The molecule has 0 saturated heterocycles. The zero-order valence-electron chi connectivity index (χ0n) is 8.23. The maximum Gasteiger partial charge on any atom is 0.159 e. The van der Waals surface area contributed by atoms with E-state index in [4.69, 9.17) is 19.6 Å². The Hall–Kier alpha value is -0.320. The fourth-order valence-corrected chi connectivity index (χ4v) is 0.546. The monoisotopic (exact) mass is 196 g/mol.